The fraction of sp³-hybridized carbons (Fsp3) is 0.550. The van der Waals surface area contributed by atoms with Crippen molar-refractivity contribution in [2.75, 3.05) is 0 Å². The van der Waals surface area contributed by atoms with Crippen molar-refractivity contribution in [3.05, 3.63) is 35.9 Å². The van der Waals surface area contributed by atoms with E-state index in [0.29, 0.717) is 19.3 Å². The molecule has 7 nitrogen and oxygen atoms in total. The topological polar surface area (TPSA) is 100 Å². The molecule has 2 rings (SSSR count). The van der Waals surface area contributed by atoms with Crippen LogP contribution < -0.4 is 10.6 Å². The number of alkyl carbamates (subject to hydrolysis) is 2. The van der Waals surface area contributed by atoms with Crippen LogP contribution in [0.25, 0.3) is 0 Å². The van der Waals surface area contributed by atoms with Gasteiger partial charge in [0.2, 0.25) is 0 Å². The molecule has 0 spiro atoms. The average Bonchev–Trinajstić information content (AvgIpc) is 2.59. The molecule has 3 unspecified atom stereocenters. The van der Waals surface area contributed by atoms with Gasteiger partial charge in [0.25, 0.3) is 0 Å². The Bertz CT molecular complexity index is 679. The number of nitrogens with one attached hydrogen (secondary N) is 2. The summed E-state index contributed by atoms with van der Waals surface area (Å²) in [4.78, 5) is 24.0. The number of hydrogen-bond acceptors (Lipinski definition) is 5. The highest BCUT2D eigenvalue weighted by atomic mass is 16.6. The first-order valence-electron chi connectivity index (χ1n) is 9.11. The Kier molecular flexibility index (Phi) is 7.05. The third-order valence-electron chi connectivity index (χ3n) is 4.15. The molecule has 2 N–H and O–H groups in total. The summed E-state index contributed by atoms with van der Waals surface area (Å²) in [5.74, 6) is -0.252. The highest BCUT2D eigenvalue weighted by Gasteiger charge is 2.32. The SMILES string of the molecule is CC(C)(C)OC(=O)NC1CC(C#N)CC(NC(=O)OCc2ccccc2)C1. The van der Waals surface area contributed by atoms with Crippen LogP contribution in [0.2, 0.25) is 0 Å². The number of nitriles is 1. The van der Waals surface area contributed by atoms with Gasteiger partial charge in [0.1, 0.15) is 12.2 Å². The number of hydrogen-bond donors (Lipinski definition) is 2. The zero-order valence-corrected chi connectivity index (χ0v) is 16.0. The second-order valence-electron chi connectivity index (χ2n) is 7.78. The summed E-state index contributed by atoms with van der Waals surface area (Å²) < 4.78 is 10.5. The number of rotatable bonds is 4. The van der Waals surface area contributed by atoms with Crippen molar-refractivity contribution >= 4 is 12.2 Å². The number of ether oxygens (including phenoxy) is 2. The van der Waals surface area contributed by atoms with E-state index in [2.05, 4.69) is 16.7 Å². The van der Waals surface area contributed by atoms with Gasteiger partial charge in [-0.15, -0.1) is 0 Å². The van der Waals surface area contributed by atoms with Gasteiger partial charge < -0.3 is 20.1 Å². The van der Waals surface area contributed by atoms with E-state index < -0.39 is 17.8 Å². The molecule has 3 atom stereocenters. The number of nitrogens with zero attached hydrogens (tertiary/aromatic N) is 1. The summed E-state index contributed by atoms with van der Waals surface area (Å²) in [5, 5.41) is 14.9. The van der Waals surface area contributed by atoms with Crippen molar-refractivity contribution in [2.24, 2.45) is 5.92 Å². The lowest BCUT2D eigenvalue weighted by atomic mass is 9.83. The molecule has 0 aliphatic heterocycles. The quantitative estimate of drug-likeness (QED) is 0.841. The zero-order chi connectivity index (χ0) is 19.9. The molecule has 7 heteroatoms. The van der Waals surface area contributed by atoms with Crippen LogP contribution in [-0.4, -0.2) is 29.9 Å². The lowest BCUT2D eigenvalue weighted by Crippen LogP contribution is -2.49. The van der Waals surface area contributed by atoms with Gasteiger partial charge in [0, 0.05) is 12.1 Å². The first-order valence-corrected chi connectivity index (χ1v) is 9.11. The monoisotopic (exact) mass is 373 g/mol. The molecular formula is C20H27N3O4. The molecule has 1 saturated carbocycles. The summed E-state index contributed by atoms with van der Waals surface area (Å²) in [5.41, 5.74) is 0.308. The maximum atomic E-state index is 12.1. The Balaban J connectivity index is 1.85. The Hall–Kier alpha value is -2.75. The van der Waals surface area contributed by atoms with E-state index in [1.54, 1.807) is 20.8 Å². The van der Waals surface area contributed by atoms with Gasteiger partial charge in [-0.1, -0.05) is 30.3 Å². The second-order valence-corrected chi connectivity index (χ2v) is 7.78. The van der Waals surface area contributed by atoms with Gasteiger partial charge >= 0.3 is 12.2 Å². The number of benzene rings is 1. The normalized spacial score (nSPS) is 22.2. The molecule has 1 aliphatic carbocycles. The summed E-state index contributed by atoms with van der Waals surface area (Å²) in [6, 6.07) is 11.1. The maximum Gasteiger partial charge on any atom is 0.407 e. The standard InChI is InChI=1S/C20H27N3O4/c1-20(2,3)27-19(25)23-17-10-15(12-21)9-16(11-17)22-18(24)26-13-14-7-5-4-6-8-14/h4-8,15-17H,9-11,13H2,1-3H3,(H,22,24)(H,23,25). The van der Waals surface area contributed by atoms with Crippen LogP contribution in [0.15, 0.2) is 30.3 Å². The lowest BCUT2D eigenvalue weighted by Gasteiger charge is -2.33. The molecule has 0 heterocycles. The molecule has 0 bridgehead atoms. The molecule has 1 aliphatic rings. The predicted molar refractivity (Wildman–Crippen MR) is 99.7 cm³/mol. The smallest absolute Gasteiger partial charge is 0.407 e. The largest absolute Gasteiger partial charge is 0.445 e. The van der Waals surface area contributed by atoms with Crippen LogP contribution in [-0.2, 0) is 16.1 Å². The molecule has 0 radical (unpaired) electrons. The molecular weight excluding hydrogens is 346 g/mol. The van der Waals surface area contributed by atoms with Gasteiger partial charge in [-0.05, 0) is 45.6 Å². The number of amides is 2. The highest BCUT2D eigenvalue weighted by Crippen LogP contribution is 2.25. The van der Waals surface area contributed by atoms with E-state index in [0.717, 1.165) is 5.56 Å². The van der Waals surface area contributed by atoms with Crippen LogP contribution in [0.1, 0.15) is 45.6 Å². The summed E-state index contributed by atoms with van der Waals surface area (Å²) >= 11 is 0. The van der Waals surface area contributed by atoms with Crippen LogP contribution in [0.4, 0.5) is 9.59 Å². The Morgan fingerprint density at radius 2 is 1.67 bits per heavy atom. The molecule has 1 aromatic rings. The van der Waals surface area contributed by atoms with Gasteiger partial charge in [-0.25, -0.2) is 9.59 Å². The van der Waals surface area contributed by atoms with Crippen molar-refractivity contribution in [3.8, 4) is 6.07 Å². The molecule has 27 heavy (non-hydrogen) atoms. The van der Waals surface area contributed by atoms with Crippen molar-refractivity contribution in [3.63, 3.8) is 0 Å². The molecule has 0 saturated heterocycles. The van der Waals surface area contributed by atoms with Gasteiger partial charge in [-0.2, -0.15) is 5.26 Å². The van der Waals surface area contributed by atoms with E-state index in [4.69, 9.17) is 9.47 Å². The highest BCUT2D eigenvalue weighted by molar-refractivity contribution is 5.68. The molecule has 2 amide bonds. The summed E-state index contributed by atoms with van der Waals surface area (Å²) in [6.07, 6.45) is 0.545. The minimum atomic E-state index is -0.591. The van der Waals surface area contributed by atoms with Gasteiger partial charge in [-0.3, -0.25) is 0 Å². The Morgan fingerprint density at radius 3 is 2.22 bits per heavy atom. The van der Waals surface area contributed by atoms with Crippen molar-refractivity contribution in [1.29, 1.82) is 5.26 Å². The van der Waals surface area contributed by atoms with Crippen LogP contribution in [0.3, 0.4) is 0 Å². The van der Waals surface area contributed by atoms with E-state index in [-0.39, 0.29) is 24.6 Å². The van der Waals surface area contributed by atoms with E-state index in [9.17, 15) is 14.9 Å². The molecule has 0 aromatic heterocycles. The van der Waals surface area contributed by atoms with Crippen molar-refractivity contribution in [1.82, 2.24) is 10.6 Å². The third-order valence-corrected chi connectivity index (χ3v) is 4.15. The molecule has 1 fully saturated rings. The number of carbonyl (C=O) groups excluding carboxylic acids is 2. The minimum Gasteiger partial charge on any atom is -0.445 e. The number of carbonyl (C=O) groups is 2. The van der Waals surface area contributed by atoms with Crippen LogP contribution >= 0.6 is 0 Å². The van der Waals surface area contributed by atoms with Gasteiger partial charge in [0.15, 0.2) is 0 Å². The average molecular weight is 373 g/mol. The Labute approximate surface area is 160 Å². The van der Waals surface area contributed by atoms with Gasteiger partial charge in [0.05, 0.1) is 12.0 Å². The maximum absolute atomic E-state index is 12.1. The fourth-order valence-corrected chi connectivity index (χ4v) is 3.07. The second kappa shape index (κ2) is 9.26. The summed E-state index contributed by atoms with van der Waals surface area (Å²) in [6.45, 7) is 5.55. The summed E-state index contributed by atoms with van der Waals surface area (Å²) in [7, 11) is 0. The first kappa shape index (κ1) is 20.6. The lowest BCUT2D eigenvalue weighted by molar-refractivity contribution is 0.0483. The Morgan fingerprint density at radius 1 is 1.07 bits per heavy atom. The van der Waals surface area contributed by atoms with Crippen molar-refractivity contribution in [2.45, 2.75) is 64.3 Å². The third kappa shape index (κ3) is 7.57. The predicted octanol–water partition coefficient (Wildman–Crippen LogP) is 3.50. The van der Waals surface area contributed by atoms with E-state index >= 15 is 0 Å². The van der Waals surface area contributed by atoms with E-state index in [1.165, 1.54) is 0 Å². The minimum absolute atomic E-state index is 0.181. The van der Waals surface area contributed by atoms with Crippen LogP contribution in [0.5, 0.6) is 0 Å². The molecule has 146 valence electrons. The van der Waals surface area contributed by atoms with E-state index in [1.807, 2.05) is 30.3 Å². The fourth-order valence-electron chi connectivity index (χ4n) is 3.07. The molecule has 1 aromatic carbocycles. The van der Waals surface area contributed by atoms with Crippen LogP contribution in [0, 0.1) is 17.2 Å². The van der Waals surface area contributed by atoms with Crippen molar-refractivity contribution < 1.29 is 19.1 Å². The first-order chi connectivity index (χ1) is 12.7. The zero-order valence-electron chi connectivity index (χ0n) is 16.0.